The van der Waals surface area contributed by atoms with Gasteiger partial charge in [-0.05, 0) is 102 Å². The lowest BCUT2D eigenvalue weighted by molar-refractivity contribution is -0.165. The third-order valence-electron chi connectivity index (χ3n) is 11.5. The topological polar surface area (TPSA) is 196 Å². The molecule has 1 aliphatic carbocycles. The van der Waals surface area contributed by atoms with Crippen molar-refractivity contribution >= 4 is 154 Å². The molecule has 534 valence electrons. The Morgan fingerprint density at radius 2 is 1.01 bits per heavy atom. The molecule has 6 unspecified atom stereocenters. The molecule has 0 saturated heterocycles. The number of hydrogen-bond acceptors (Lipinski definition) is 22. The van der Waals surface area contributed by atoms with Gasteiger partial charge in [0.05, 0.1) is 80.1 Å². The van der Waals surface area contributed by atoms with Crippen LogP contribution >= 0.6 is 111 Å². The summed E-state index contributed by atoms with van der Waals surface area (Å²) in [5, 5.41) is 8.22. The molecule has 1 N–H and O–H groups in total. The van der Waals surface area contributed by atoms with Crippen molar-refractivity contribution in [3.8, 4) is 11.8 Å². The standard InChI is InChI=1S/C31H56O10S8.C13H12O2.C10H21ClO3Si.10CH4/c1-5-48-29(46)13-26(33)39-18-22(41-28(35)14-30(47)49-6-2)16-37-20-31(3,4)19-36-15-21(40-27(34)12-24(45)8-10-43)17-38-25(32)11-23(44)7-9-42;14-13(15)12-8-7-10-5-3-1-2-4-6-11(10)9-12;1-10(2,3)15(4,5)14-7-6-13-8-9(11)12;;;;;;;;;;/h21-24,29-30,42-47H,5-20H2,1-4H3;7-9H,3-6H2,(H,14,15);6-8H2,1-5H3;10*1H4. The highest BCUT2D eigenvalue weighted by Gasteiger charge is 2.37. The number of thiol groups is 6. The van der Waals surface area contributed by atoms with Crippen LogP contribution in [0.1, 0.15) is 196 Å². The van der Waals surface area contributed by atoms with Crippen LogP contribution in [0, 0.1) is 17.3 Å². The van der Waals surface area contributed by atoms with E-state index in [1.807, 2.05) is 33.8 Å². The largest absolute Gasteiger partial charge is 0.478 e. The molecule has 89 heavy (non-hydrogen) atoms. The maximum absolute atomic E-state index is 12.6. The van der Waals surface area contributed by atoms with E-state index in [-0.39, 0.29) is 171 Å². The molecule has 2 rings (SSSR count). The lowest BCUT2D eigenvalue weighted by Gasteiger charge is -2.36. The third kappa shape index (κ3) is 59.2. The van der Waals surface area contributed by atoms with Gasteiger partial charge in [0.25, 0.3) is 0 Å². The van der Waals surface area contributed by atoms with E-state index in [1.54, 1.807) is 12.1 Å². The minimum Gasteiger partial charge on any atom is -0.478 e. The van der Waals surface area contributed by atoms with Crippen LogP contribution < -0.4 is 0 Å². The molecule has 0 amide bonds. The van der Waals surface area contributed by atoms with Crippen molar-refractivity contribution in [2.75, 3.05) is 82.5 Å². The summed E-state index contributed by atoms with van der Waals surface area (Å²) in [5.74, 6) is 6.26. The Kier molecular flexibility index (Phi) is 81.1. The fourth-order valence-corrected chi connectivity index (χ4v) is 11.5. The SMILES string of the molecule is C.C.C.C.C.C.C.C.C.C.CC(C)(C)[Si](C)(C)OCCOCC(=O)Cl.CCSC(S)CC(=O)OCC(COCC(C)(C)COCC(COC(=O)CC(S)CCS)OC(=O)CC(S)CCS)OC(=O)CC(S)SCC.O=C(O)c1ccc2c(c1)CCC#CCC2. The molecule has 15 nitrogen and oxygen atoms in total. The second-order valence-corrected chi connectivity index (χ2v) is 32.9. The highest BCUT2D eigenvalue weighted by Crippen LogP contribution is 2.36. The number of hydrogen-bond donors (Lipinski definition) is 7. The lowest BCUT2D eigenvalue weighted by Crippen LogP contribution is -2.41. The number of benzene rings is 1. The van der Waals surface area contributed by atoms with Crippen LogP contribution in [0.4, 0.5) is 0 Å². The van der Waals surface area contributed by atoms with Gasteiger partial charge in [-0.25, -0.2) is 4.79 Å². The van der Waals surface area contributed by atoms with E-state index < -0.39 is 61.0 Å². The van der Waals surface area contributed by atoms with Gasteiger partial charge < -0.3 is 42.7 Å². The van der Waals surface area contributed by atoms with Gasteiger partial charge in [-0.3, -0.25) is 24.0 Å². The van der Waals surface area contributed by atoms with Crippen LogP contribution in [0.15, 0.2) is 18.2 Å². The van der Waals surface area contributed by atoms with E-state index in [4.69, 9.17) is 54.3 Å². The molecule has 0 spiro atoms. The quantitative estimate of drug-likeness (QED) is 0.00485. The summed E-state index contributed by atoms with van der Waals surface area (Å²) in [5.41, 5.74) is 2.25. The molecule has 25 heteroatoms. The predicted octanol–water partition coefficient (Wildman–Crippen LogP) is 17.2. The Bertz CT molecular complexity index is 1940. The summed E-state index contributed by atoms with van der Waals surface area (Å²) in [7, 11) is -1.68. The molecular weight excluding hydrogens is 1330 g/mol. The van der Waals surface area contributed by atoms with Crippen molar-refractivity contribution in [3.63, 3.8) is 0 Å². The van der Waals surface area contributed by atoms with Crippen LogP contribution in [-0.4, -0.2) is 163 Å². The van der Waals surface area contributed by atoms with Gasteiger partial charge in [-0.2, -0.15) is 75.8 Å². The van der Waals surface area contributed by atoms with Crippen LogP contribution in [0.25, 0.3) is 0 Å². The molecule has 0 fully saturated rings. The first-order valence-electron chi connectivity index (χ1n) is 26.3. The number of aryl methyl sites for hydroxylation is 2. The highest BCUT2D eigenvalue weighted by molar-refractivity contribution is 8.10. The van der Waals surface area contributed by atoms with Crippen molar-refractivity contribution in [1.82, 2.24) is 0 Å². The molecule has 0 heterocycles. The Morgan fingerprint density at radius 1 is 0.607 bits per heavy atom. The van der Waals surface area contributed by atoms with Crippen molar-refractivity contribution < 1.29 is 71.5 Å². The summed E-state index contributed by atoms with van der Waals surface area (Å²) in [6.45, 7) is 19.7. The number of carbonyl (C=O) groups is 6. The highest BCUT2D eigenvalue weighted by atomic mass is 35.5. The third-order valence-corrected chi connectivity index (χ3v) is 20.6. The van der Waals surface area contributed by atoms with Crippen molar-refractivity contribution in [3.05, 3.63) is 34.9 Å². The number of fused-ring (bicyclic) bond motifs is 1. The van der Waals surface area contributed by atoms with Gasteiger partial charge in [0, 0.05) is 28.8 Å². The van der Waals surface area contributed by atoms with Crippen LogP contribution in [0.5, 0.6) is 0 Å². The van der Waals surface area contributed by atoms with Crippen molar-refractivity contribution in [2.24, 2.45) is 5.41 Å². The minimum absolute atomic E-state index is 0. The van der Waals surface area contributed by atoms with E-state index in [0.717, 1.165) is 42.8 Å². The number of halogens is 1. The van der Waals surface area contributed by atoms with E-state index in [2.05, 4.69) is 121 Å². The fourth-order valence-electron chi connectivity index (χ4n) is 6.37. The van der Waals surface area contributed by atoms with Gasteiger partial charge in [0.15, 0.2) is 20.5 Å². The maximum atomic E-state index is 12.6. The van der Waals surface area contributed by atoms with Crippen LogP contribution in [0.2, 0.25) is 18.1 Å². The second kappa shape index (κ2) is 64.3. The Hall–Kier alpha value is -1.05. The second-order valence-electron chi connectivity index (χ2n) is 20.4. The Morgan fingerprint density at radius 3 is 1.42 bits per heavy atom. The van der Waals surface area contributed by atoms with E-state index in [0.29, 0.717) is 43.1 Å². The molecule has 0 aliphatic heterocycles. The number of thioether (sulfide) groups is 2. The van der Waals surface area contributed by atoms with Crippen LogP contribution in [0.3, 0.4) is 0 Å². The average molecular weight is 1460 g/mol. The molecule has 0 bridgehead atoms. The number of rotatable bonds is 37. The summed E-state index contributed by atoms with van der Waals surface area (Å²) in [4.78, 5) is 70.9. The number of carboxylic acid groups (broad SMARTS) is 1. The van der Waals surface area contributed by atoms with Crippen LogP contribution in [-0.2, 0) is 74.4 Å². The molecule has 0 radical (unpaired) electrons. The Balaban J connectivity index is -0.000000139. The van der Waals surface area contributed by atoms with E-state index in [1.165, 1.54) is 29.1 Å². The summed E-state index contributed by atoms with van der Waals surface area (Å²) in [6.07, 6.45) is 3.51. The Labute approximate surface area is 592 Å². The molecule has 1 aromatic carbocycles. The number of esters is 4. The first-order valence-corrected chi connectivity index (χ1v) is 35.0. The smallest absolute Gasteiger partial charge is 0.335 e. The van der Waals surface area contributed by atoms with Crippen molar-refractivity contribution in [1.29, 1.82) is 0 Å². The first kappa shape index (κ1) is 112. The lowest BCUT2D eigenvalue weighted by atomic mass is 9.95. The summed E-state index contributed by atoms with van der Waals surface area (Å²) in [6, 6.07) is 5.38. The molecule has 0 aromatic heterocycles. The molecule has 0 saturated carbocycles. The molecular formula is C64H129ClO15S8Si. The summed E-state index contributed by atoms with van der Waals surface area (Å²) < 4.78 is 44.2. The fraction of sp³-hybridized carbons (Fsp3) is 0.781. The summed E-state index contributed by atoms with van der Waals surface area (Å²) >= 11 is 34.1. The zero-order valence-electron chi connectivity index (χ0n) is 47.5. The maximum Gasteiger partial charge on any atom is 0.335 e. The molecule has 1 aliphatic rings. The van der Waals surface area contributed by atoms with Gasteiger partial charge in [0.1, 0.15) is 19.8 Å². The molecule has 1 aromatic rings. The van der Waals surface area contributed by atoms with E-state index in [9.17, 15) is 28.8 Å². The number of carbonyl (C=O) groups excluding carboxylic acids is 5. The van der Waals surface area contributed by atoms with E-state index >= 15 is 0 Å². The predicted molar refractivity (Wildman–Crippen MR) is 410 cm³/mol. The monoisotopic (exact) mass is 1460 g/mol. The van der Waals surface area contributed by atoms with Gasteiger partial charge in [0.2, 0.25) is 5.24 Å². The number of ether oxygens (including phenoxy) is 7. The number of aromatic carboxylic acids is 1. The molecule has 6 atom stereocenters. The van der Waals surface area contributed by atoms with Crippen molar-refractivity contribution in [2.45, 2.75) is 237 Å². The van der Waals surface area contributed by atoms with Gasteiger partial charge in [-0.15, -0.1) is 35.4 Å². The zero-order valence-corrected chi connectivity index (χ0v) is 56.3. The zero-order chi connectivity index (χ0) is 60.0. The average Bonchev–Trinajstić information content (AvgIpc) is 3.36. The first-order chi connectivity index (χ1) is 37.1. The minimum atomic E-state index is -1.68. The van der Waals surface area contributed by atoms with Gasteiger partial charge in [-0.1, -0.05) is 129 Å². The van der Waals surface area contributed by atoms with Gasteiger partial charge >= 0.3 is 29.8 Å². The number of carboxylic acids is 1. The normalized spacial score (nSPS) is 13.0.